The normalized spacial score (nSPS) is 19.5. The monoisotopic (exact) mass is 281 g/mol. The van der Waals surface area contributed by atoms with Gasteiger partial charge >= 0.3 is 0 Å². The van der Waals surface area contributed by atoms with Crippen LogP contribution >= 0.6 is 0 Å². The number of nitrogens with zero attached hydrogens (tertiary/aromatic N) is 5. The first kappa shape index (κ1) is 12.6. The van der Waals surface area contributed by atoms with Crippen LogP contribution in [0.15, 0.2) is 24.3 Å². The van der Waals surface area contributed by atoms with Gasteiger partial charge in [-0.3, -0.25) is 0 Å². The summed E-state index contributed by atoms with van der Waals surface area (Å²) in [6.45, 7) is 5.31. The van der Waals surface area contributed by atoms with Crippen LogP contribution in [0.25, 0.3) is 16.4 Å². The molecule has 1 aliphatic heterocycles. The minimum Gasteiger partial charge on any atom is -0.352 e. The first-order valence-corrected chi connectivity index (χ1v) is 7.63. The van der Waals surface area contributed by atoms with E-state index in [4.69, 9.17) is 5.10 Å². The Labute approximate surface area is 123 Å². The molecule has 0 N–H and O–H groups in total. The van der Waals surface area contributed by atoms with Gasteiger partial charge in [0.2, 0.25) is 0 Å². The lowest BCUT2D eigenvalue weighted by Crippen LogP contribution is -2.38. The number of benzene rings is 1. The van der Waals surface area contributed by atoms with Crippen molar-refractivity contribution < 1.29 is 0 Å². The van der Waals surface area contributed by atoms with E-state index in [9.17, 15) is 0 Å². The largest absolute Gasteiger partial charge is 0.352 e. The number of aromatic nitrogens is 4. The second kappa shape index (κ2) is 4.69. The summed E-state index contributed by atoms with van der Waals surface area (Å²) >= 11 is 0. The zero-order valence-corrected chi connectivity index (χ0v) is 12.5. The Morgan fingerprint density at radius 2 is 1.90 bits per heavy atom. The molecule has 1 unspecified atom stereocenters. The molecular weight excluding hydrogens is 262 g/mol. The Morgan fingerprint density at radius 1 is 1.10 bits per heavy atom. The van der Waals surface area contributed by atoms with Crippen LogP contribution in [0, 0.1) is 6.92 Å². The van der Waals surface area contributed by atoms with E-state index < -0.39 is 0 Å². The van der Waals surface area contributed by atoms with Crippen molar-refractivity contribution in [2.45, 2.75) is 39.2 Å². The van der Waals surface area contributed by atoms with E-state index in [2.05, 4.69) is 46.3 Å². The molecule has 1 saturated heterocycles. The van der Waals surface area contributed by atoms with Gasteiger partial charge < -0.3 is 4.90 Å². The van der Waals surface area contributed by atoms with Crippen LogP contribution in [0.5, 0.6) is 0 Å². The third-order valence-corrected chi connectivity index (χ3v) is 4.48. The van der Waals surface area contributed by atoms with Gasteiger partial charge in [0.15, 0.2) is 17.3 Å². The van der Waals surface area contributed by atoms with Crippen molar-refractivity contribution in [2.24, 2.45) is 0 Å². The summed E-state index contributed by atoms with van der Waals surface area (Å²) in [4.78, 5) is 2.44. The number of hydrogen-bond acceptors (Lipinski definition) is 4. The summed E-state index contributed by atoms with van der Waals surface area (Å²) in [7, 11) is 0. The van der Waals surface area contributed by atoms with Gasteiger partial charge in [-0.25, -0.2) is 0 Å². The van der Waals surface area contributed by atoms with E-state index in [-0.39, 0.29) is 0 Å². The van der Waals surface area contributed by atoms with Crippen molar-refractivity contribution >= 4 is 22.2 Å². The van der Waals surface area contributed by atoms with Gasteiger partial charge in [0.1, 0.15) is 0 Å². The van der Waals surface area contributed by atoms with Gasteiger partial charge in [0.05, 0.1) is 0 Å². The third kappa shape index (κ3) is 1.87. The SMILES string of the molecule is Cc1nnc2c3ccccc3c(N3CCCCC3C)nn12. The van der Waals surface area contributed by atoms with Crippen LogP contribution in [-0.2, 0) is 0 Å². The maximum atomic E-state index is 4.85. The molecule has 1 atom stereocenters. The van der Waals surface area contributed by atoms with Crippen molar-refractivity contribution in [3.05, 3.63) is 30.1 Å². The number of hydrogen-bond donors (Lipinski definition) is 0. The number of anilines is 1. The lowest BCUT2D eigenvalue weighted by atomic mass is 10.0. The molecule has 1 fully saturated rings. The molecule has 1 aliphatic rings. The standard InChI is InChI=1S/C16H19N5/c1-11-7-5-6-10-20(11)16-14-9-4-3-8-13(14)15-18-17-12(2)21(15)19-16/h3-4,8-9,11H,5-7,10H2,1-2H3. The van der Waals surface area contributed by atoms with Crippen molar-refractivity contribution in [1.29, 1.82) is 0 Å². The fourth-order valence-corrected chi connectivity index (χ4v) is 3.29. The number of piperidine rings is 1. The lowest BCUT2D eigenvalue weighted by Gasteiger charge is -2.35. The lowest BCUT2D eigenvalue weighted by molar-refractivity contribution is 0.480. The maximum Gasteiger partial charge on any atom is 0.185 e. The van der Waals surface area contributed by atoms with Gasteiger partial charge in [-0.15, -0.1) is 15.3 Å². The Kier molecular flexibility index (Phi) is 2.80. The van der Waals surface area contributed by atoms with Gasteiger partial charge in [0, 0.05) is 23.4 Å². The van der Waals surface area contributed by atoms with Crippen LogP contribution < -0.4 is 4.90 Å². The Bertz CT molecular complexity index is 807. The van der Waals surface area contributed by atoms with Crippen LogP contribution in [0.3, 0.4) is 0 Å². The molecule has 3 heterocycles. The first-order chi connectivity index (χ1) is 10.3. The van der Waals surface area contributed by atoms with Crippen LogP contribution in [0.4, 0.5) is 5.82 Å². The fourth-order valence-electron chi connectivity index (χ4n) is 3.29. The molecule has 5 heteroatoms. The van der Waals surface area contributed by atoms with Gasteiger partial charge in [0.25, 0.3) is 0 Å². The van der Waals surface area contributed by atoms with Crippen molar-refractivity contribution in [3.8, 4) is 0 Å². The minimum absolute atomic E-state index is 0.531. The third-order valence-electron chi connectivity index (χ3n) is 4.48. The average Bonchev–Trinajstić information content (AvgIpc) is 2.89. The topological polar surface area (TPSA) is 46.3 Å². The molecule has 0 saturated carbocycles. The second-order valence-corrected chi connectivity index (χ2v) is 5.89. The highest BCUT2D eigenvalue weighted by molar-refractivity contribution is 6.00. The van der Waals surface area contributed by atoms with Gasteiger partial charge in [-0.2, -0.15) is 4.52 Å². The summed E-state index contributed by atoms with van der Waals surface area (Å²) in [5, 5.41) is 15.6. The first-order valence-electron chi connectivity index (χ1n) is 7.63. The Morgan fingerprint density at radius 3 is 2.71 bits per heavy atom. The highest BCUT2D eigenvalue weighted by atomic mass is 15.4. The summed E-state index contributed by atoms with van der Waals surface area (Å²) in [6.07, 6.45) is 3.78. The smallest absolute Gasteiger partial charge is 0.185 e. The van der Waals surface area contributed by atoms with Crippen LogP contribution in [-0.4, -0.2) is 32.4 Å². The molecule has 0 aliphatic carbocycles. The molecule has 2 aromatic heterocycles. The molecule has 3 aromatic rings. The molecule has 0 amide bonds. The molecule has 0 radical (unpaired) electrons. The highest BCUT2D eigenvalue weighted by Crippen LogP contribution is 2.31. The molecule has 0 spiro atoms. The van der Waals surface area contributed by atoms with Gasteiger partial charge in [-0.1, -0.05) is 24.3 Å². The van der Waals surface area contributed by atoms with E-state index in [1.807, 2.05) is 11.4 Å². The number of aryl methyl sites for hydroxylation is 1. The molecule has 5 nitrogen and oxygen atoms in total. The van der Waals surface area contributed by atoms with Crippen molar-refractivity contribution in [3.63, 3.8) is 0 Å². The van der Waals surface area contributed by atoms with Crippen molar-refractivity contribution in [2.75, 3.05) is 11.4 Å². The molecule has 108 valence electrons. The minimum atomic E-state index is 0.531. The zero-order valence-electron chi connectivity index (χ0n) is 12.5. The summed E-state index contributed by atoms with van der Waals surface area (Å²) in [5.74, 6) is 1.90. The molecular formula is C16H19N5. The predicted octanol–water partition coefficient (Wildman–Crippen LogP) is 2.96. The Hall–Kier alpha value is -2.17. The van der Waals surface area contributed by atoms with Crippen LogP contribution in [0.1, 0.15) is 32.0 Å². The second-order valence-electron chi connectivity index (χ2n) is 5.89. The molecule has 4 rings (SSSR count). The summed E-state index contributed by atoms with van der Waals surface area (Å²) in [6, 6.07) is 8.91. The predicted molar refractivity (Wildman–Crippen MR) is 83.7 cm³/mol. The molecule has 1 aromatic carbocycles. The fraction of sp³-hybridized carbons (Fsp3) is 0.438. The van der Waals surface area contributed by atoms with Gasteiger partial charge in [-0.05, 0) is 33.1 Å². The number of rotatable bonds is 1. The van der Waals surface area contributed by atoms with E-state index in [1.165, 1.54) is 24.6 Å². The molecule has 0 bridgehead atoms. The number of fused-ring (bicyclic) bond motifs is 3. The van der Waals surface area contributed by atoms with Crippen LogP contribution in [0.2, 0.25) is 0 Å². The maximum absolute atomic E-state index is 4.85. The summed E-state index contributed by atoms with van der Waals surface area (Å²) in [5.41, 5.74) is 0.844. The summed E-state index contributed by atoms with van der Waals surface area (Å²) < 4.78 is 1.87. The Balaban J connectivity index is 2.03. The van der Waals surface area contributed by atoms with E-state index in [1.54, 1.807) is 0 Å². The quantitative estimate of drug-likeness (QED) is 0.688. The van der Waals surface area contributed by atoms with Crippen molar-refractivity contribution in [1.82, 2.24) is 19.8 Å². The van der Waals surface area contributed by atoms with E-state index >= 15 is 0 Å². The highest BCUT2D eigenvalue weighted by Gasteiger charge is 2.23. The van der Waals surface area contributed by atoms with E-state index in [0.717, 1.165) is 29.2 Å². The average molecular weight is 281 g/mol. The zero-order chi connectivity index (χ0) is 14.4. The van der Waals surface area contributed by atoms with E-state index in [0.29, 0.717) is 6.04 Å². The molecule has 21 heavy (non-hydrogen) atoms.